The second-order valence-electron chi connectivity index (χ2n) is 6.50. The minimum atomic E-state index is -3.71. The van der Waals surface area contributed by atoms with Crippen LogP contribution >= 0.6 is 0 Å². The van der Waals surface area contributed by atoms with Crippen LogP contribution in [0.4, 0.5) is 0 Å². The van der Waals surface area contributed by atoms with E-state index in [-0.39, 0.29) is 24.8 Å². The normalized spacial score (nSPS) is 23.1. The SMILES string of the molecule is Cc1ccc([C@]2(O)CCN(S(=O)(=O)c3ccc4c(c3)OCO4)C2)cc1. The number of sulfonamides is 1. The maximum Gasteiger partial charge on any atom is 0.243 e. The summed E-state index contributed by atoms with van der Waals surface area (Å²) in [4.78, 5) is 0.143. The number of β-amino-alcohol motifs (C(OH)–C–C–N with tert-alkyl or cyclic N) is 1. The van der Waals surface area contributed by atoms with Gasteiger partial charge in [0.05, 0.1) is 4.90 Å². The molecule has 6 nitrogen and oxygen atoms in total. The highest BCUT2D eigenvalue weighted by Gasteiger charge is 2.43. The van der Waals surface area contributed by atoms with Crippen LogP contribution in [0.25, 0.3) is 0 Å². The van der Waals surface area contributed by atoms with Gasteiger partial charge < -0.3 is 14.6 Å². The molecule has 1 N–H and O–H groups in total. The fraction of sp³-hybridized carbons (Fsp3) is 0.333. The zero-order valence-corrected chi connectivity index (χ0v) is 14.6. The minimum absolute atomic E-state index is 0.0346. The van der Waals surface area contributed by atoms with E-state index in [9.17, 15) is 13.5 Å². The highest BCUT2D eigenvalue weighted by molar-refractivity contribution is 7.89. The smallest absolute Gasteiger partial charge is 0.243 e. The van der Waals surface area contributed by atoms with Crippen molar-refractivity contribution in [3.05, 3.63) is 53.6 Å². The van der Waals surface area contributed by atoms with Crippen LogP contribution in [0, 0.1) is 6.92 Å². The van der Waals surface area contributed by atoms with E-state index in [4.69, 9.17) is 9.47 Å². The van der Waals surface area contributed by atoms with Crippen LogP contribution in [-0.2, 0) is 15.6 Å². The molecule has 0 radical (unpaired) electrons. The van der Waals surface area contributed by atoms with Crippen molar-refractivity contribution in [1.82, 2.24) is 4.31 Å². The topological polar surface area (TPSA) is 76.1 Å². The third kappa shape index (κ3) is 2.78. The zero-order valence-electron chi connectivity index (χ0n) is 13.8. The molecule has 2 aromatic rings. The summed E-state index contributed by atoms with van der Waals surface area (Å²) in [5.74, 6) is 0.964. The summed E-state index contributed by atoms with van der Waals surface area (Å²) >= 11 is 0. The summed E-state index contributed by atoms with van der Waals surface area (Å²) in [5.41, 5.74) is 0.661. The first-order valence-corrected chi connectivity index (χ1v) is 9.52. The molecule has 0 aromatic heterocycles. The summed E-state index contributed by atoms with van der Waals surface area (Å²) in [6, 6.07) is 12.1. The van der Waals surface area contributed by atoms with Crippen LogP contribution in [0.1, 0.15) is 17.5 Å². The van der Waals surface area contributed by atoms with Gasteiger partial charge in [-0.15, -0.1) is 0 Å². The Morgan fingerprint density at radius 1 is 1.08 bits per heavy atom. The van der Waals surface area contributed by atoms with Crippen molar-refractivity contribution < 1.29 is 23.0 Å². The van der Waals surface area contributed by atoms with E-state index in [1.165, 1.54) is 16.4 Å². The first kappa shape index (κ1) is 16.4. The van der Waals surface area contributed by atoms with Crippen molar-refractivity contribution >= 4 is 10.0 Å². The summed E-state index contributed by atoms with van der Waals surface area (Å²) in [6.45, 7) is 2.36. The Morgan fingerprint density at radius 3 is 2.56 bits per heavy atom. The van der Waals surface area contributed by atoms with Crippen molar-refractivity contribution in [3.8, 4) is 11.5 Å². The summed E-state index contributed by atoms with van der Waals surface area (Å²) < 4.78 is 37.7. The molecular formula is C18H19NO5S. The number of fused-ring (bicyclic) bond motifs is 1. The fourth-order valence-corrected chi connectivity index (χ4v) is 4.76. The van der Waals surface area contributed by atoms with E-state index < -0.39 is 15.6 Å². The van der Waals surface area contributed by atoms with Gasteiger partial charge in [-0.05, 0) is 31.0 Å². The van der Waals surface area contributed by atoms with Crippen molar-refractivity contribution in [1.29, 1.82) is 0 Å². The highest BCUT2D eigenvalue weighted by atomic mass is 32.2. The zero-order chi connectivity index (χ0) is 17.7. The first-order valence-electron chi connectivity index (χ1n) is 8.08. The Labute approximate surface area is 146 Å². The van der Waals surface area contributed by atoms with E-state index >= 15 is 0 Å². The van der Waals surface area contributed by atoms with Gasteiger partial charge in [-0.3, -0.25) is 0 Å². The van der Waals surface area contributed by atoms with Gasteiger partial charge in [0.2, 0.25) is 16.8 Å². The molecule has 0 unspecified atom stereocenters. The molecular weight excluding hydrogens is 342 g/mol. The fourth-order valence-electron chi connectivity index (χ4n) is 3.25. The number of benzene rings is 2. The van der Waals surface area contributed by atoms with Crippen molar-refractivity contribution in [2.24, 2.45) is 0 Å². The van der Waals surface area contributed by atoms with Gasteiger partial charge in [-0.1, -0.05) is 29.8 Å². The number of ether oxygens (including phenoxy) is 2. The number of hydrogen-bond acceptors (Lipinski definition) is 5. The Kier molecular flexibility index (Phi) is 3.75. The lowest BCUT2D eigenvalue weighted by Gasteiger charge is -2.24. The van der Waals surface area contributed by atoms with E-state index in [1.807, 2.05) is 31.2 Å². The molecule has 0 saturated carbocycles. The minimum Gasteiger partial charge on any atom is -0.454 e. The number of hydrogen-bond donors (Lipinski definition) is 1. The summed E-state index contributed by atoms with van der Waals surface area (Å²) in [7, 11) is -3.71. The quantitative estimate of drug-likeness (QED) is 0.905. The largest absolute Gasteiger partial charge is 0.454 e. The van der Waals surface area contributed by atoms with Gasteiger partial charge in [-0.25, -0.2) is 8.42 Å². The molecule has 0 amide bonds. The molecule has 0 bridgehead atoms. The lowest BCUT2D eigenvalue weighted by atomic mass is 9.92. The predicted octanol–water partition coefficient (Wildman–Crippen LogP) is 2.01. The second-order valence-corrected chi connectivity index (χ2v) is 8.44. The Morgan fingerprint density at radius 2 is 1.80 bits per heavy atom. The van der Waals surface area contributed by atoms with Gasteiger partial charge in [0.15, 0.2) is 11.5 Å². The molecule has 4 rings (SSSR count). The van der Waals surface area contributed by atoms with Crippen LogP contribution in [0.3, 0.4) is 0 Å². The monoisotopic (exact) mass is 361 g/mol. The number of rotatable bonds is 3. The maximum atomic E-state index is 12.9. The van der Waals surface area contributed by atoms with Gasteiger partial charge >= 0.3 is 0 Å². The van der Waals surface area contributed by atoms with Crippen LogP contribution in [0.5, 0.6) is 11.5 Å². The van der Waals surface area contributed by atoms with Gasteiger partial charge in [-0.2, -0.15) is 4.31 Å². The standard InChI is InChI=1S/C18H19NO5S/c1-13-2-4-14(5-3-13)18(20)8-9-19(11-18)25(21,22)15-6-7-16-17(10-15)24-12-23-16/h2-7,10,20H,8-9,11-12H2,1H3/t18-/m0/s1. The molecule has 1 atom stereocenters. The molecule has 2 aliphatic rings. The molecule has 2 aliphatic heterocycles. The average molecular weight is 361 g/mol. The van der Waals surface area contributed by atoms with Crippen LogP contribution in [0.15, 0.2) is 47.4 Å². The molecule has 0 aliphatic carbocycles. The lowest BCUT2D eigenvalue weighted by molar-refractivity contribution is 0.0531. The molecule has 1 fully saturated rings. The third-order valence-corrected chi connectivity index (χ3v) is 6.62. The average Bonchev–Trinajstić information content (AvgIpc) is 3.22. The third-order valence-electron chi connectivity index (χ3n) is 4.78. The van der Waals surface area contributed by atoms with Crippen LogP contribution in [-0.4, -0.2) is 37.7 Å². The maximum absolute atomic E-state index is 12.9. The second kappa shape index (κ2) is 5.72. The molecule has 7 heteroatoms. The van der Waals surface area contributed by atoms with Crippen LogP contribution in [0.2, 0.25) is 0 Å². The highest BCUT2D eigenvalue weighted by Crippen LogP contribution is 2.38. The first-order chi connectivity index (χ1) is 11.9. The van der Waals surface area contributed by atoms with E-state index in [1.54, 1.807) is 6.07 Å². The molecule has 0 spiro atoms. The number of nitrogens with zero attached hydrogens (tertiary/aromatic N) is 1. The summed E-state index contributed by atoms with van der Waals surface area (Å²) in [5, 5.41) is 10.9. The van der Waals surface area contributed by atoms with E-state index in [0.717, 1.165) is 11.1 Å². The Bertz CT molecular complexity index is 910. The molecule has 2 aromatic carbocycles. The van der Waals surface area contributed by atoms with E-state index in [0.29, 0.717) is 17.9 Å². The molecule has 132 valence electrons. The van der Waals surface area contributed by atoms with Crippen molar-refractivity contribution in [3.63, 3.8) is 0 Å². The number of aliphatic hydroxyl groups is 1. The van der Waals surface area contributed by atoms with Crippen LogP contribution < -0.4 is 9.47 Å². The van der Waals surface area contributed by atoms with Gasteiger partial charge in [0.1, 0.15) is 5.60 Å². The molecule has 1 saturated heterocycles. The Balaban J connectivity index is 1.61. The Hall–Kier alpha value is -2.09. The number of aryl methyl sites for hydroxylation is 1. The van der Waals surface area contributed by atoms with E-state index in [2.05, 4.69) is 0 Å². The summed E-state index contributed by atoms with van der Waals surface area (Å²) in [6.07, 6.45) is 0.361. The predicted molar refractivity (Wildman–Crippen MR) is 91.0 cm³/mol. The van der Waals surface area contributed by atoms with Gasteiger partial charge in [0, 0.05) is 19.2 Å². The van der Waals surface area contributed by atoms with Gasteiger partial charge in [0.25, 0.3) is 0 Å². The molecule has 25 heavy (non-hydrogen) atoms. The molecule has 2 heterocycles. The van der Waals surface area contributed by atoms with Crippen molar-refractivity contribution in [2.75, 3.05) is 19.9 Å². The van der Waals surface area contributed by atoms with Crippen molar-refractivity contribution in [2.45, 2.75) is 23.8 Å². The lowest BCUT2D eigenvalue weighted by Crippen LogP contribution is -2.34.